The minimum absolute atomic E-state index is 0.156. The van der Waals surface area contributed by atoms with E-state index in [1.807, 2.05) is 0 Å². The summed E-state index contributed by atoms with van der Waals surface area (Å²) < 4.78 is 6.60. The Morgan fingerprint density at radius 1 is 1.13 bits per heavy atom. The van der Waals surface area contributed by atoms with E-state index in [0.29, 0.717) is 17.9 Å². The number of rotatable bonds is 4. The van der Waals surface area contributed by atoms with Gasteiger partial charge in [0.05, 0.1) is 17.5 Å². The van der Waals surface area contributed by atoms with Crippen molar-refractivity contribution in [3.8, 4) is 17.0 Å². The van der Waals surface area contributed by atoms with Gasteiger partial charge < -0.3 is 21.1 Å². The maximum absolute atomic E-state index is 6.60. The summed E-state index contributed by atoms with van der Waals surface area (Å²) in [5, 5.41) is 0. The Hall–Kier alpha value is -2.34. The predicted octanol–water partition coefficient (Wildman–Crippen LogP) is 4.05. The van der Waals surface area contributed by atoms with E-state index in [1.165, 1.54) is 11.3 Å². The van der Waals surface area contributed by atoms with Crippen LogP contribution in [0.1, 0.15) is 64.5 Å². The molecule has 0 bridgehead atoms. The van der Waals surface area contributed by atoms with Crippen LogP contribution in [0.5, 0.6) is 5.75 Å². The first kappa shape index (κ1) is 20.9. The maximum Gasteiger partial charge on any atom is 0.143 e. The van der Waals surface area contributed by atoms with Gasteiger partial charge in [0.1, 0.15) is 17.9 Å². The van der Waals surface area contributed by atoms with E-state index >= 15 is 0 Å². The zero-order valence-corrected chi connectivity index (χ0v) is 18.9. The van der Waals surface area contributed by atoms with Gasteiger partial charge in [0, 0.05) is 30.3 Å². The molecule has 1 fully saturated rings. The summed E-state index contributed by atoms with van der Waals surface area (Å²) in [5.74, 6) is 1.54. The van der Waals surface area contributed by atoms with Crippen LogP contribution < -0.4 is 21.1 Å². The molecule has 4 rings (SSSR count). The van der Waals surface area contributed by atoms with E-state index in [4.69, 9.17) is 16.2 Å². The molecule has 2 aliphatic rings. The first-order chi connectivity index (χ1) is 14.2. The van der Waals surface area contributed by atoms with Crippen LogP contribution in [0.4, 0.5) is 11.5 Å². The maximum atomic E-state index is 6.60. The molecule has 0 aliphatic heterocycles. The van der Waals surface area contributed by atoms with Crippen LogP contribution >= 0.6 is 0 Å². The average Bonchev–Trinajstić information content (AvgIpc) is 2.68. The number of hydrogen-bond donors (Lipinski definition) is 2. The van der Waals surface area contributed by atoms with Gasteiger partial charge in [0.25, 0.3) is 0 Å². The fraction of sp³-hybridized carbons (Fsp3) is 0.583. The lowest BCUT2D eigenvalue weighted by Gasteiger charge is -2.38. The molecule has 1 aromatic carbocycles. The van der Waals surface area contributed by atoms with Crippen molar-refractivity contribution in [1.82, 2.24) is 9.97 Å². The van der Waals surface area contributed by atoms with Crippen molar-refractivity contribution in [2.24, 2.45) is 5.73 Å². The van der Waals surface area contributed by atoms with Gasteiger partial charge in [-0.15, -0.1) is 0 Å². The summed E-state index contributed by atoms with van der Waals surface area (Å²) in [7, 11) is 2.15. The van der Waals surface area contributed by atoms with Gasteiger partial charge >= 0.3 is 0 Å². The molecule has 0 radical (unpaired) electrons. The minimum Gasteiger partial charge on any atom is -0.488 e. The molecule has 0 saturated heterocycles. The van der Waals surface area contributed by atoms with Crippen molar-refractivity contribution < 1.29 is 4.74 Å². The average molecular weight is 410 g/mol. The molecule has 162 valence electrons. The predicted molar refractivity (Wildman–Crippen MR) is 123 cm³/mol. The van der Waals surface area contributed by atoms with Gasteiger partial charge in [-0.25, -0.2) is 9.97 Å². The highest BCUT2D eigenvalue weighted by Gasteiger charge is 2.37. The van der Waals surface area contributed by atoms with Crippen molar-refractivity contribution in [2.45, 2.75) is 83.4 Å². The smallest absolute Gasteiger partial charge is 0.143 e. The quantitative estimate of drug-likeness (QED) is 0.792. The second-order valence-corrected chi connectivity index (χ2v) is 9.84. The summed E-state index contributed by atoms with van der Waals surface area (Å²) in [6.45, 7) is 8.88. The molecule has 1 heterocycles. The highest BCUT2D eigenvalue weighted by Crippen LogP contribution is 2.49. The Bertz CT molecular complexity index is 931. The van der Waals surface area contributed by atoms with E-state index in [9.17, 15) is 0 Å². The van der Waals surface area contributed by atoms with E-state index in [-0.39, 0.29) is 11.5 Å². The fourth-order valence-electron chi connectivity index (χ4n) is 4.94. The molecule has 6 nitrogen and oxygen atoms in total. The first-order valence-electron chi connectivity index (χ1n) is 11.1. The Morgan fingerprint density at radius 3 is 2.50 bits per heavy atom. The van der Waals surface area contributed by atoms with E-state index < -0.39 is 0 Å². The molecule has 1 saturated carbocycles. The SMILES string of the molecule is CC(C)N(C)c1c(OC2CCC(N)CC2)ccc2c1CC(C)(C)c1c(N)ncnc1-2. The highest BCUT2D eigenvalue weighted by molar-refractivity contribution is 5.83. The molecule has 30 heavy (non-hydrogen) atoms. The number of anilines is 2. The molecule has 4 N–H and O–H groups in total. The van der Waals surface area contributed by atoms with Gasteiger partial charge in [-0.1, -0.05) is 13.8 Å². The van der Waals surface area contributed by atoms with Crippen molar-refractivity contribution in [3.05, 3.63) is 29.6 Å². The fourth-order valence-corrected chi connectivity index (χ4v) is 4.94. The molecule has 6 heteroatoms. The zero-order valence-electron chi connectivity index (χ0n) is 18.9. The van der Waals surface area contributed by atoms with Gasteiger partial charge in [-0.05, 0) is 69.1 Å². The van der Waals surface area contributed by atoms with Crippen LogP contribution in [-0.4, -0.2) is 35.2 Å². The van der Waals surface area contributed by atoms with E-state index in [2.05, 4.69) is 61.7 Å². The van der Waals surface area contributed by atoms with Crippen LogP contribution in [0.25, 0.3) is 11.3 Å². The summed E-state index contributed by atoms with van der Waals surface area (Å²) in [6.07, 6.45) is 6.75. The van der Waals surface area contributed by atoms with Gasteiger partial charge in [-0.3, -0.25) is 0 Å². The van der Waals surface area contributed by atoms with Crippen molar-refractivity contribution in [1.29, 1.82) is 0 Å². The number of nitrogens with two attached hydrogens (primary N) is 2. The van der Waals surface area contributed by atoms with Crippen molar-refractivity contribution in [3.63, 3.8) is 0 Å². The standard InChI is InChI=1S/C24H35N5O/c1-14(2)29(5)22-18-12-24(3,4)20-21(27-13-28-23(20)26)17(18)10-11-19(22)30-16-8-6-15(25)7-9-16/h10-11,13-16H,6-9,12,25H2,1-5H3,(H2,26,27,28). The second-order valence-electron chi connectivity index (χ2n) is 9.84. The zero-order chi connectivity index (χ0) is 21.6. The molecule has 0 spiro atoms. The lowest BCUT2D eigenvalue weighted by molar-refractivity contribution is 0.147. The molecule has 0 unspecified atom stereocenters. The van der Waals surface area contributed by atoms with E-state index in [0.717, 1.165) is 54.7 Å². The Morgan fingerprint density at radius 2 is 1.83 bits per heavy atom. The molecule has 1 aromatic heterocycles. The number of fused-ring (bicyclic) bond motifs is 3. The third-order valence-electron chi connectivity index (χ3n) is 6.81. The van der Waals surface area contributed by atoms with Crippen LogP contribution in [0.3, 0.4) is 0 Å². The third kappa shape index (κ3) is 3.62. The molecule has 2 aromatic rings. The number of aromatic nitrogens is 2. The summed E-state index contributed by atoms with van der Waals surface area (Å²) in [5.41, 5.74) is 17.8. The summed E-state index contributed by atoms with van der Waals surface area (Å²) in [4.78, 5) is 11.2. The first-order valence-corrected chi connectivity index (χ1v) is 11.1. The number of benzene rings is 1. The van der Waals surface area contributed by atoms with Crippen LogP contribution in [-0.2, 0) is 11.8 Å². The number of ether oxygens (including phenoxy) is 1. The molecular formula is C24H35N5O. The largest absolute Gasteiger partial charge is 0.488 e. The lowest BCUT2D eigenvalue weighted by atomic mass is 9.71. The van der Waals surface area contributed by atoms with Gasteiger partial charge in [-0.2, -0.15) is 0 Å². The normalized spacial score (nSPS) is 22.4. The molecule has 0 amide bonds. The third-order valence-corrected chi connectivity index (χ3v) is 6.81. The number of nitrogen functional groups attached to an aromatic ring is 1. The topological polar surface area (TPSA) is 90.3 Å². The Kier molecular flexibility index (Phi) is 5.39. The van der Waals surface area contributed by atoms with Gasteiger partial charge in [0.2, 0.25) is 0 Å². The number of nitrogens with zero attached hydrogens (tertiary/aromatic N) is 3. The summed E-state index contributed by atoms with van der Waals surface area (Å²) in [6, 6.07) is 4.92. The van der Waals surface area contributed by atoms with Crippen LogP contribution in [0.15, 0.2) is 18.5 Å². The Balaban J connectivity index is 1.84. The van der Waals surface area contributed by atoms with E-state index in [1.54, 1.807) is 6.33 Å². The minimum atomic E-state index is -0.156. The van der Waals surface area contributed by atoms with Gasteiger partial charge in [0.15, 0.2) is 0 Å². The molecular weight excluding hydrogens is 374 g/mol. The second kappa shape index (κ2) is 7.73. The summed E-state index contributed by atoms with van der Waals surface area (Å²) >= 11 is 0. The highest BCUT2D eigenvalue weighted by atomic mass is 16.5. The van der Waals surface area contributed by atoms with Crippen LogP contribution in [0.2, 0.25) is 0 Å². The Labute approximate surface area is 180 Å². The number of hydrogen-bond acceptors (Lipinski definition) is 6. The van der Waals surface area contributed by atoms with Crippen molar-refractivity contribution >= 4 is 11.5 Å². The molecule has 2 aliphatic carbocycles. The van der Waals surface area contributed by atoms with Crippen LogP contribution in [0, 0.1) is 0 Å². The van der Waals surface area contributed by atoms with Crippen molar-refractivity contribution in [2.75, 3.05) is 17.7 Å². The lowest BCUT2D eigenvalue weighted by Crippen LogP contribution is -2.34. The molecule has 0 atom stereocenters. The monoisotopic (exact) mass is 409 g/mol.